The molecule has 10 heteroatoms. The minimum absolute atomic E-state index is 0.198. The molecule has 7 nitrogen and oxygen atoms in total. The molecule has 0 bridgehead atoms. The van der Waals surface area contributed by atoms with E-state index in [9.17, 15) is 23.1 Å². The third kappa shape index (κ3) is 6.46. The molecule has 0 aliphatic carbocycles. The molecule has 0 aliphatic heterocycles. The van der Waals surface area contributed by atoms with Crippen LogP contribution in [0.1, 0.15) is 56.5 Å². The summed E-state index contributed by atoms with van der Waals surface area (Å²) >= 11 is 0. The number of anilines is 1. The van der Waals surface area contributed by atoms with Crippen LogP contribution in [0.25, 0.3) is 22.5 Å². The van der Waals surface area contributed by atoms with Crippen LogP contribution >= 0.6 is 0 Å². The van der Waals surface area contributed by atoms with Crippen LogP contribution in [-0.4, -0.2) is 37.4 Å². The number of aliphatic carboxylic acids is 1. The van der Waals surface area contributed by atoms with Gasteiger partial charge in [0.15, 0.2) is 11.5 Å². The van der Waals surface area contributed by atoms with E-state index in [1.54, 1.807) is 30.5 Å². The SMILES string of the molecule is CCCCCNc1ncc(-c2cccc(/C(=C/C(=O)O)CC)c2)c(-n2nc(C(F)(F)F)cc2C)n1. The van der Waals surface area contributed by atoms with Crippen molar-refractivity contribution in [2.75, 3.05) is 11.9 Å². The molecule has 0 saturated carbocycles. The molecule has 3 rings (SSSR count). The number of allylic oxidation sites excluding steroid dienone is 1. The molecule has 2 aromatic heterocycles. The number of carboxylic acids is 1. The number of benzene rings is 1. The number of carbonyl (C=O) groups is 1. The van der Waals surface area contributed by atoms with E-state index in [1.165, 1.54) is 6.92 Å². The minimum Gasteiger partial charge on any atom is -0.478 e. The first-order valence-electron chi connectivity index (χ1n) is 11.4. The summed E-state index contributed by atoms with van der Waals surface area (Å²) in [5.74, 6) is -0.565. The van der Waals surface area contributed by atoms with Gasteiger partial charge in [0, 0.05) is 30.1 Å². The minimum atomic E-state index is -4.60. The molecular weight excluding hydrogens is 459 g/mol. The standard InChI is InChI=1S/C25H28F3N5O2/c1-4-6-7-11-29-24-30-15-20(19-10-8-9-18(13-19)17(5-2)14-22(34)35)23(31-24)33-16(3)12-21(32-33)25(26,27)28/h8-10,12-15H,4-7,11H2,1-3H3,(H,34,35)(H,29,30,31)/b17-14+. The number of aryl methyl sites for hydroxylation is 1. The maximum atomic E-state index is 13.3. The Kier molecular flexibility index (Phi) is 8.26. The maximum Gasteiger partial charge on any atom is 0.435 e. The quantitative estimate of drug-likeness (QED) is 0.264. The number of halogens is 3. The van der Waals surface area contributed by atoms with Gasteiger partial charge >= 0.3 is 12.1 Å². The van der Waals surface area contributed by atoms with Crippen molar-refractivity contribution in [3.63, 3.8) is 0 Å². The molecular formula is C25H28F3N5O2. The van der Waals surface area contributed by atoms with E-state index in [2.05, 4.69) is 27.3 Å². The average molecular weight is 488 g/mol. The summed E-state index contributed by atoms with van der Waals surface area (Å²) in [5.41, 5.74) is 1.66. The highest BCUT2D eigenvalue weighted by Gasteiger charge is 2.35. The van der Waals surface area contributed by atoms with E-state index in [0.717, 1.165) is 36.1 Å². The fraction of sp³-hybridized carbons (Fsp3) is 0.360. The zero-order valence-electron chi connectivity index (χ0n) is 19.9. The van der Waals surface area contributed by atoms with Gasteiger partial charge in [-0.3, -0.25) is 0 Å². The topological polar surface area (TPSA) is 92.9 Å². The van der Waals surface area contributed by atoms with Gasteiger partial charge < -0.3 is 10.4 Å². The highest BCUT2D eigenvalue weighted by molar-refractivity contribution is 5.90. The van der Waals surface area contributed by atoms with Crippen LogP contribution in [-0.2, 0) is 11.0 Å². The number of alkyl halides is 3. The molecule has 0 radical (unpaired) electrons. The molecule has 186 valence electrons. The van der Waals surface area contributed by atoms with Gasteiger partial charge in [-0.2, -0.15) is 23.3 Å². The summed E-state index contributed by atoms with van der Waals surface area (Å²) in [5, 5.41) is 16.1. The lowest BCUT2D eigenvalue weighted by Gasteiger charge is -2.14. The van der Waals surface area contributed by atoms with Crippen molar-refractivity contribution in [1.82, 2.24) is 19.7 Å². The van der Waals surface area contributed by atoms with Gasteiger partial charge in [0.1, 0.15) is 0 Å². The lowest BCUT2D eigenvalue weighted by molar-refractivity contribution is -0.141. The van der Waals surface area contributed by atoms with Crippen molar-refractivity contribution in [2.45, 2.75) is 52.6 Å². The predicted molar refractivity (Wildman–Crippen MR) is 128 cm³/mol. The number of hydrogen-bond donors (Lipinski definition) is 2. The largest absolute Gasteiger partial charge is 0.478 e. The smallest absolute Gasteiger partial charge is 0.435 e. The molecule has 0 fully saturated rings. The first kappa shape index (κ1) is 25.9. The van der Waals surface area contributed by atoms with Gasteiger partial charge in [-0.25, -0.2) is 14.5 Å². The van der Waals surface area contributed by atoms with E-state index in [1.807, 2.05) is 6.92 Å². The molecule has 0 unspecified atom stereocenters. The Balaban J connectivity index is 2.12. The summed E-state index contributed by atoms with van der Waals surface area (Å²) in [6, 6.07) is 8.07. The number of nitrogens with zero attached hydrogens (tertiary/aromatic N) is 4. The van der Waals surface area contributed by atoms with Gasteiger partial charge in [-0.1, -0.05) is 44.9 Å². The van der Waals surface area contributed by atoms with Crippen LogP contribution in [0.3, 0.4) is 0 Å². The van der Waals surface area contributed by atoms with Crippen LogP contribution < -0.4 is 5.32 Å². The third-order valence-corrected chi connectivity index (χ3v) is 5.43. The van der Waals surface area contributed by atoms with E-state index >= 15 is 0 Å². The van der Waals surface area contributed by atoms with Crippen LogP contribution in [0.2, 0.25) is 0 Å². The van der Waals surface area contributed by atoms with Gasteiger partial charge in [-0.05, 0) is 48.6 Å². The Morgan fingerprint density at radius 3 is 2.60 bits per heavy atom. The first-order valence-corrected chi connectivity index (χ1v) is 11.4. The Hall–Kier alpha value is -3.69. The maximum absolute atomic E-state index is 13.3. The van der Waals surface area contributed by atoms with Crippen LogP contribution in [0.4, 0.5) is 19.1 Å². The molecule has 0 atom stereocenters. The second kappa shape index (κ2) is 11.2. The van der Waals surface area contributed by atoms with Crippen molar-refractivity contribution in [3.05, 3.63) is 59.6 Å². The number of rotatable bonds is 10. The van der Waals surface area contributed by atoms with Crippen molar-refractivity contribution < 1.29 is 23.1 Å². The number of carboxylic acid groups (broad SMARTS) is 1. The normalized spacial score (nSPS) is 12.1. The van der Waals surface area contributed by atoms with Gasteiger partial charge in [0.25, 0.3) is 0 Å². The number of hydrogen-bond acceptors (Lipinski definition) is 5. The lowest BCUT2D eigenvalue weighted by atomic mass is 9.98. The van der Waals surface area contributed by atoms with Gasteiger partial charge in [0.05, 0.1) is 0 Å². The van der Waals surface area contributed by atoms with Crippen molar-refractivity contribution >= 4 is 17.5 Å². The van der Waals surface area contributed by atoms with Gasteiger partial charge in [0.2, 0.25) is 5.95 Å². The Morgan fingerprint density at radius 1 is 1.20 bits per heavy atom. The second-order valence-electron chi connectivity index (χ2n) is 8.09. The molecule has 2 N–H and O–H groups in total. The highest BCUT2D eigenvalue weighted by Crippen LogP contribution is 2.33. The van der Waals surface area contributed by atoms with E-state index < -0.39 is 17.8 Å². The predicted octanol–water partition coefficient (Wildman–Crippen LogP) is 6.14. The van der Waals surface area contributed by atoms with Gasteiger partial charge in [-0.15, -0.1) is 0 Å². The molecule has 3 aromatic rings. The number of nitrogens with one attached hydrogen (secondary N) is 1. The Labute approximate surface area is 201 Å². The zero-order chi connectivity index (χ0) is 25.6. The zero-order valence-corrected chi connectivity index (χ0v) is 19.9. The molecule has 35 heavy (non-hydrogen) atoms. The number of aromatic nitrogens is 4. The summed E-state index contributed by atoms with van der Waals surface area (Å²) in [6.45, 7) is 6.10. The van der Waals surface area contributed by atoms with Crippen molar-refractivity contribution in [1.29, 1.82) is 0 Å². The fourth-order valence-electron chi connectivity index (χ4n) is 3.65. The Morgan fingerprint density at radius 2 is 1.97 bits per heavy atom. The summed E-state index contributed by atoms with van der Waals surface area (Å²) in [7, 11) is 0. The van der Waals surface area contributed by atoms with Crippen molar-refractivity contribution in [3.8, 4) is 16.9 Å². The molecule has 0 saturated heterocycles. The molecule has 2 heterocycles. The summed E-state index contributed by atoms with van der Waals surface area (Å²) in [6.07, 6.45) is 1.58. The van der Waals surface area contributed by atoms with Crippen LogP contribution in [0.5, 0.6) is 0 Å². The second-order valence-corrected chi connectivity index (χ2v) is 8.09. The van der Waals surface area contributed by atoms with E-state index in [-0.39, 0.29) is 11.5 Å². The molecule has 0 spiro atoms. The van der Waals surface area contributed by atoms with E-state index in [4.69, 9.17) is 0 Å². The number of unbranched alkanes of at least 4 members (excludes halogenated alkanes) is 2. The van der Waals surface area contributed by atoms with E-state index in [0.29, 0.717) is 41.2 Å². The molecule has 0 amide bonds. The van der Waals surface area contributed by atoms with Crippen molar-refractivity contribution in [2.24, 2.45) is 0 Å². The molecule has 0 aliphatic rings. The average Bonchev–Trinajstić information content (AvgIpc) is 3.22. The first-order chi connectivity index (χ1) is 16.6. The Bertz CT molecular complexity index is 1220. The van der Waals surface area contributed by atoms with Crippen LogP contribution in [0, 0.1) is 6.92 Å². The molecule has 1 aromatic carbocycles. The summed E-state index contributed by atoms with van der Waals surface area (Å²) in [4.78, 5) is 20.1. The monoisotopic (exact) mass is 487 g/mol. The fourth-order valence-corrected chi connectivity index (χ4v) is 3.65. The summed E-state index contributed by atoms with van der Waals surface area (Å²) < 4.78 is 41.2. The van der Waals surface area contributed by atoms with Crippen LogP contribution in [0.15, 0.2) is 42.6 Å². The third-order valence-electron chi connectivity index (χ3n) is 5.43. The lowest BCUT2D eigenvalue weighted by Crippen LogP contribution is -2.12. The highest BCUT2D eigenvalue weighted by atomic mass is 19.4.